The van der Waals surface area contributed by atoms with E-state index >= 15 is 0 Å². The molecule has 0 unspecified atom stereocenters. The number of nitrogens with zero attached hydrogens (tertiary/aromatic N) is 2. The average Bonchev–Trinajstić information content (AvgIpc) is 2.13. The van der Waals surface area contributed by atoms with Gasteiger partial charge in [-0.25, -0.2) is 4.98 Å². The Morgan fingerprint density at radius 1 is 1.60 bits per heavy atom. The van der Waals surface area contributed by atoms with Gasteiger partial charge in [0.1, 0.15) is 5.69 Å². The summed E-state index contributed by atoms with van der Waals surface area (Å²) in [5, 5.41) is 9.45. The molecule has 1 aromatic rings. The molecule has 1 aromatic heterocycles. The van der Waals surface area contributed by atoms with Crippen LogP contribution in [0, 0.1) is 5.95 Å². The Kier molecular flexibility index (Phi) is 2.19. The lowest BCUT2D eigenvalue weighted by Gasteiger charge is -2.43. The minimum atomic E-state index is -0.816. The van der Waals surface area contributed by atoms with Gasteiger partial charge in [-0.1, -0.05) is 6.07 Å². The van der Waals surface area contributed by atoms with Gasteiger partial charge in [-0.15, -0.1) is 0 Å². The van der Waals surface area contributed by atoms with Crippen LogP contribution in [0.15, 0.2) is 18.2 Å². The van der Waals surface area contributed by atoms with Crippen LogP contribution in [0.5, 0.6) is 0 Å². The molecule has 0 radical (unpaired) electrons. The topological polar surface area (TPSA) is 53.4 Å². The van der Waals surface area contributed by atoms with Crippen molar-refractivity contribution in [3.05, 3.63) is 29.8 Å². The molecular weight excluding hydrogens is 199 g/mol. The number of halogens is 1. The van der Waals surface area contributed by atoms with Crippen LogP contribution < -0.4 is 0 Å². The van der Waals surface area contributed by atoms with Crippen LogP contribution in [-0.4, -0.2) is 39.6 Å². The highest BCUT2D eigenvalue weighted by Crippen LogP contribution is 2.21. The van der Waals surface area contributed by atoms with Crippen LogP contribution in [0.3, 0.4) is 0 Å². The Morgan fingerprint density at radius 2 is 2.27 bits per heavy atom. The van der Waals surface area contributed by atoms with Gasteiger partial charge >= 0.3 is 0 Å². The van der Waals surface area contributed by atoms with Crippen molar-refractivity contribution in [2.45, 2.75) is 12.5 Å². The fraction of sp³-hybridized carbons (Fsp3) is 0.400. The van der Waals surface area contributed by atoms with Gasteiger partial charge in [-0.3, -0.25) is 4.79 Å². The molecular formula is C10H11FN2O2. The Hall–Kier alpha value is -1.49. The van der Waals surface area contributed by atoms with Crippen LogP contribution >= 0.6 is 0 Å². The molecule has 0 saturated carbocycles. The molecule has 80 valence electrons. The summed E-state index contributed by atoms with van der Waals surface area (Å²) in [6.45, 7) is 2.18. The summed E-state index contributed by atoms with van der Waals surface area (Å²) in [5.41, 5.74) is -0.742. The van der Waals surface area contributed by atoms with Crippen molar-refractivity contribution in [3.8, 4) is 0 Å². The summed E-state index contributed by atoms with van der Waals surface area (Å²) >= 11 is 0. The fourth-order valence-corrected chi connectivity index (χ4v) is 1.61. The van der Waals surface area contributed by atoms with Crippen LogP contribution in [0.4, 0.5) is 4.39 Å². The smallest absolute Gasteiger partial charge is 0.272 e. The standard InChI is InChI=1S/C10H11FN2O2/c1-10(15)5-13(6-10)9(14)7-3-2-4-8(11)12-7/h2-4,15H,5-6H2,1H3. The molecule has 1 aliphatic rings. The van der Waals surface area contributed by atoms with E-state index in [-0.39, 0.29) is 24.7 Å². The molecule has 2 heterocycles. The SMILES string of the molecule is CC1(O)CN(C(=O)c2cccc(F)n2)C1. The second-order valence-electron chi connectivity index (χ2n) is 4.00. The van der Waals surface area contributed by atoms with Crippen molar-refractivity contribution in [1.29, 1.82) is 0 Å². The van der Waals surface area contributed by atoms with Crippen LogP contribution in [0.2, 0.25) is 0 Å². The zero-order valence-corrected chi connectivity index (χ0v) is 8.27. The molecule has 0 spiro atoms. The Labute approximate surface area is 86.4 Å². The van der Waals surface area contributed by atoms with Crippen molar-refractivity contribution in [2.24, 2.45) is 0 Å². The van der Waals surface area contributed by atoms with E-state index in [0.717, 1.165) is 0 Å². The quantitative estimate of drug-likeness (QED) is 0.684. The Balaban J connectivity index is 2.10. The van der Waals surface area contributed by atoms with E-state index in [9.17, 15) is 14.3 Å². The highest BCUT2D eigenvalue weighted by molar-refractivity contribution is 5.93. The summed E-state index contributed by atoms with van der Waals surface area (Å²) < 4.78 is 12.7. The number of aromatic nitrogens is 1. The fourth-order valence-electron chi connectivity index (χ4n) is 1.61. The first-order valence-electron chi connectivity index (χ1n) is 4.62. The second kappa shape index (κ2) is 3.27. The predicted octanol–water partition coefficient (Wildman–Crippen LogP) is 0.428. The summed E-state index contributed by atoms with van der Waals surface area (Å²) in [6, 6.07) is 4.08. The maximum Gasteiger partial charge on any atom is 0.272 e. The van der Waals surface area contributed by atoms with Crippen molar-refractivity contribution in [2.75, 3.05) is 13.1 Å². The minimum absolute atomic E-state index is 0.0745. The molecule has 1 N–H and O–H groups in total. The number of pyridine rings is 1. The molecule has 4 nitrogen and oxygen atoms in total. The van der Waals surface area contributed by atoms with Gasteiger partial charge in [-0.05, 0) is 19.1 Å². The van der Waals surface area contributed by atoms with E-state index in [1.807, 2.05) is 0 Å². The molecule has 1 aliphatic heterocycles. The summed E-state index contributed by atoms with van der Waals surface area (Å²) in [7, 11) is 0. The van der Waals surface area contributed by atoms with Crippen molar-refractivity contribution in [3.63, 3.8) is 0 Å². The third kappa shape index (κ3) is 1.97. The molecule has 15 heavy (non-hydrogen) atoms. The number of rotatable bonds is 1. The summed E-state index contributed by atoms with van der Waals surface area (Å²) in [6.07, 6.45) is 0. The Morgan fingerprint density at radius 3 is 2.80 bits per heavy atom. The number of hydrogen-bond donors (Lipinski definition) is 1. The van der Waals surface area contributed by atoms with E-state index in [1.54, 1.807) is 6.92 Å². The van der Waals surface area contributed by atoms with Gasteiger partial charge in [0.25, 0.3) is 5.91 Å². The first-order valence-corrected chi connectivity index (χ1v) is 4.62. The maximum atomic E-state index is 12.7. The molecule has 1 saturated heterocycles. The third-order valence-electron chi connectivity index (χ3n) is 2.28. The number of likely N-dealkylation sites (tertiary alicyclic amines) is 1. The number of aliphatic hydroxyl groups is 1. The summed E-state index contributed by atoms with van der Waals surface area (Å²) in [4.78, 5) is 16.6. The van der Waals surface area contributed by atoms with Gasteiger partial charge in [0, 0.05) is 0 Å². The van der Waals surface area contributed by atoms with E-state index in [4.69, 9.17) is 0 Å². The monoisotopic (exact) mass is 210 g/mol. The lowest BCUT2D eigenvalue weighted by atomic mass is 9.96. The highest BCUT2D eigenvalue weighted by atomic mass is 19.1. The van der Waals surface area contributed by atoms with E-state index in [1.165, 1.54) is 23.1 Å². The van der Waals surface area contributed by atoms with Crippen LogP contribution in [0.25, 0.3) is 0 Å². The third-order valence-corrected chi connectivity index (χ3v) is 2.28. The van der Waals surface area contributed by atoms with Gasteiger partial charge in [-0.2, -0.15) is 4.39 Å². The van der Waals surface area contributed by atoms with Crippen molar-refractivity contribution >= 4 is 5.91 Å². The molecule has 0 atom stereocenters. The van der Waals surface area contributed by atoms with Gasteiger partial charge < -0.3 is 10.0 Å². The second-order valence-corrected chi connectivity index (χ2v) is 4.00. The van der Waals surface area contributed by atoms with E-state index < -0.39 is 11.5 Å². The zero-order valence-electron chi connectivity index (χ0n) is 8.27. The molecule has 0 aromatic carbocycles. The Bertz CT molecular complexity index is 398. The highest BCUT2D eigenvalue weighted by Gasteiger charge is 2.40. The molecule has 5 heteroatoms. The van der Waals surface area contributed by atoms with Gasteiger partial charge in [0.05, 0.1) is 18.7 Å². The number of carbonyl (C=O) groups is 1. The maximum absolute atomic E-state index is 12.7. The first-order chi connectivity index (χ1) is 6.98. The lowest BCUT2D eigenvalue weighted by Crippen LogP contribution is -2.61. The lowest BCUT2D eigenvalue weighted by molar-refractivity contribution is -0.0670. The molecule has 2 rings (SSSR count). The van der Waals surface area contributed by atoms with Gasteiger partial charge in [0.15, 0.2) is 0 Å². The number of β-amino-alcohol motifs (C(OH)–C–C–N with tert-alkyl or cyclic N) is 1. The molecule has 0 bridgehead atoms. The van der Waals surface area contributed by atoms with Crippen molar-refractivity contribution in [1.82, 2.24) is 9.88 Å². The predicted molar refractivity (Wildman–Crippen MR) is 50.7 cm³/mol. The number of hydrogen-bond acceptors (Lipinski definition) is 3. The zero-order chi connectivity index (χ0) is 11.1. The van der Waals surface area contributed by atoms with Gasteiger partial charge in [0.2, 0.25) is 5.95 Å². The van der Waals surface area contributed by atoms with Crippen LogP contribution in [0.1, 0.15) is 17.4 Å². The van der Waals surface area contributed by atoms with Crippen LogP contribution in [-0.2, 0) is 0 Å². The van der Waals surface area contributed by atoms with E-state index in [2.05, 4.69) is 4.98 Å². The average molecular weight is 210 g/mol. The molecule has 0 aliphatic carbocycles. The normalized spacial score (nSPS) is 18.5. The minimum Gasteiger partial charge on any atom is -0.386 e. The van der Waals surface area contributed by atoms with E-state index in [0.29, 0.717) is 0 Å². The molecule has 1 amide bonds. The number of carbonyl (C=O) groups excluding carboxylic acids is 1. The van der Waals surface area contributed by atoms with Crippen molar-refractivity contribution < 1.29 is 14.3 Å². The largest absolute Gasteiger partial charge is 0.386 e. The molecule has 1 fully saturated rings. The first kappa shape index (κ1) is 10.0. The number of amides is 1. The summed E-state index contributed by atoms with van der Waals surface area (Å²) in [5.74, 6) is -1.02.